The molecule has 28 heavy (non-hydrogen) atoms. The maximum Gasteiger partial charge on any atom is 0.190 e. The summed E-state index contributed by atoms with van der Waals surface area (Å²) < 4.78 is 5.68. The van der Waals surface area contributed by atoms with E-state index in [1.807, 2.05) is 0 Å². The molecule has 0 radical (unpaired) electrons. The zero-order valence-corrected chi connectivity index (χ0v) is 17.6. The SMILES string of the molecule is COc1cc2c(c(C)c1C)N(c1nc(-c3ccccc3)cs1)CC1(CCC1)C2. The summed E-state index contributed by atoms with van der Waals surface area (Å²) in [5.41, 5.74) is 7.97. The summed E-state index contributed by atoms with van der Waals surface area (Å²) in [6.45, 7) is 5.47. The van der Waals surface area contributed by atoms with Crippen molar-refractivity contribution >= 4 is 22.2 Å². The highest BCUT2D eigenvalue weighted by Gasteiger charge is 2.44. The summed E-state index contributed by atoms with van der Waals surface area (Å²) in [7, 11) is 1.78. The van der Waals surface area contributed by atoms with E-state index in [0.29, 0.717) is 5.41 Å². The molecule has 1 aliphatic carbocycles. The van der Waals surface area contributed by atoms with Gasteiger partial charge >= 0.3 is 0 Å². The van der Waals surface area contributed by atoms with E-state index >= 15 is 0 Å². The van der Waals surface area contributed by atoms with Gasteiger partial charge in [-0.05, 0) is 61.3 Å². The second kappa shape index (κ2) is 6.63. The Morgan fingerprint density at radius 1 is 1.11 bits per heavy atom. The number of rotatable bonds is 3. The fraction of sp³-hybridized carbons (Fsp3) is 0.375. The number of benzene rings is 2. The van der Waals surface area contributed by atoms with E-state index in [1.165, 1.54) is 47.2 Å². The van der Waals surface area contributed by atoms with E-state index in [2.05, 4.69) is 60.5 Å². The summed E-state index contributed by atoms with van der Waals surface area (Å²) in [5.74, 6) is 1.01. The van der Waals surface area contributed by atoms with Gasteiger partial charge in [-0.3, -0.25) is 0 Å². The van der Waals surface area contributed by atoms with Crippen LogP contribution in [0, 0.1) is 19.3 Å². The van der Waals surface area contributed by atoms with Gasteiger partial charge in [0.1, 0.15) is 5.75 Å². The molecule has 1 saturated carbocycles. The van der Waals surface area contributed by atoms with Crippen LogP contribution in [0.3, 0.4) is 0 Å². The summed E-state index contributed by atoms with van der Waals surface area (Å²) in [5, 5.41) is 3.30. The molecule has 2 heterocycles. The van der Waals surface area contributed by atoms with E-state index in [0.717, 1.165) is 29.5 Å². The zero-order valence-electron chi connectivity index (χ0n) is 16.8. The molecule has 1 fully saturated rings. The fourth-order valence-electron chi connectivity index (χ4n) is 4.84. The van der Waals surface area contributed by atoms with Gasteiger partial charge in [-0.25, -0.2) is 4.98 Å². The molecule has 3 nitrogen and oxygen atoms in total. The second-order valence-electron chi connectivity index (χ2n) is 8.33. The lowest BCUT2D eigenvalue weighted by molar-refractivity contribution is 0.138. The molecule has 1 aromatic heterocycles. The molecule has 5 rings (SSSR count). The number of fused-ring (bicyclic) bond motifs is 1. The zero-order chi connectivity index (χ0) is 19.3. The van der Waals surface area contributed by atoms with Crippen LogP contribution in [-0.2, 0) is 6.42 Å². The van der Waals surface area contributed by atoms with Crippen LogP contribution in [0.25, 0.3) is 11.3 Å². The van der Waals surface area contributed by atoms with Gasteiger partial charge in [-0.1, -0.05) is 36.8 Å². The highest BCUT2D eigenvalue weighted by molar-refractivity contribution is 7.14. The maximum atomic E-state index is 5.68. The van der Waals surface area contributed by atoms with Crippen LogP contribution in [0.1, 0.15) is 36.0 Å². The first kappa shape index (κ1) is 17.7. The molecule has 1 aliphatic heterocycles. The lowest BCUT2D eigenvalue weighted by Crippen LogP contribution is -2.46. The van der Waals surface area contributed by atoms with E-state index in [-0.39, 0.29) is 0 Å². The van der Waals surface area contributed by atoms with E-state index in [9.17, 15) is 0 Å². The molecule has 0 N–H and O–H groups in total. The first-order valence-electron chi connectivity index (χ1n) is 10.1. The predicted octanol–water partition coefficient (Wildman–Crippen LogP) is 6.30. The quantitative estimate of drug-likeness (QED) is 0.525. The second-order valence-corrected chi connectivity index (χ2v) is 9.17. The standard InChI is InChI=1S/C24H26N2OS/c1-16-17(2)22-19(12-21(16)27-3)13-24(10-7-11-24)15-26(22)23-25-20(14-28-23)18-8-5-4-6-9-18/h4-6,8-9,12,14H,7,10-11,13,15H2,1-3H3. The third-order valence-electron chi connectivity index (χ3n) is 6.65. The third-order valence-corrected chi connectivity index (χ3v) is 7.52. The minimum Gasteiger partial charge on any atom is -0.496 e. The van der Waals surface area contributed by atoms with E-state index in [4.69, 9.17) is 9.72 Å². The van der Waals surface area contributed by atoms with E-state index in [1.54, 1.807) is 18.4 Å². The topological polar surface area (TPSA) is 25.4 Å². The minimum atomic E-state index is 0.401. The first-order valence-corrected chi connectivity index (χ1v) is 10.9. The maximum absolute atomic E-state index is 5.68. The molecule has 0 unspecified atom stereocenters. The molecular formula is C24H26N2OS. The predicted molar refractivity (Wildman–Crippen MR) is 117 cm³/mol. The molecule has 0 atom stereocenters. The number of ether oxygens (including phenoxy) is 1. The summed E-state index contributed by atoms with van der Waals surface area (Å²) in [6, 6.07) is 12.8. The van der Waals surface area contributed by atoms with Gasteiger partial charge in [0.25, 0.3) is 0 Å². The first-order chi connectivity index (χ1) is 13.6. The average molecular weight is 391 g/mol. The molecule has 144 valence electrons. The van der Waals surface area contributed by atoms with Crippen LogP contribution in [-0.4, -0.2) is 18.6 Å². The van der Waals surface area contributed by atoms with Crippen LogP contribution >= 0.6 is 11.3 Å². The van der Waals surface area contributed by atoms with Gasteiger partial charge in [0, 0.05) is 23.2 Å². The molecule has 2 aromatic carbocycles. The largest absolute Gasteiger partial charge is 0.496 e. The smallest absolute Gasteiger partial charge is 0.190 e. The van der Waals surface area contributed by atoms with Crippen molar-refractivity contribution in [1.82, 2.24) is 4.98 Å². The van der Waals surface area contributed by atoms with Crippen molar-refractivity contribution in [1.29, 1.82) is 0 Å². The number of methoxy groups -OCH3 is 1. The number of anilines is 2. The monoisotopic (exact) mass is 390 g/mol. The Balaban J connectivity index is 1.62. The molecule has 0 amide bonds. The normalized spacial score (nSPS) is 17.3. The van der Waals surface area contributed by atoms with Crippen LogP contribution in [0.5, 0.6) is 5.75 Å². The van der Waals surface area contributed by atoms with Crippen molar-refractivity contribution in [2.24, 2.45) is 5.41 Å². The van der Waals surface area contributed by atoms with Gasteiger partial charge in [-0.2, -0.15) is 0 Å². The number of aromatic nitrogens is 1. The van der Waals surface area contributed by atoms with Crippen molar-refractivity contribution < 1.29 is 4.74 Å². The molecule has 4 heteroatoms. The Hall–Kier alpha value is -2.33. The van der Waals surface area contributed by atoms with Gasteiger partial charge < -0.3 is 9.64 Å². The van der Waals surface area contributed by atoms with Gasteiger partial charge in [0.2, 0.25) is 0 Å². The van der Waals surface area contributed by atoms with Crippen molar-refractivity contribution in [2.75, 3.05) is 18.6 Å². The lowest BCUT2D eigenvalue weighted by Gasteiger charge is -2.50. The van der Waals surface area contributed by atoms with Crippen molar-refractivity contribution in [3.05, 3.63) is 58.5 Å². The molecule has 3 aromatic rings. The third kappa shape index (κ3) is 2.74. The van der Waals surface area contributed by atoms with Crippen molar-refractivity contribution in [2.45, 2.75) is 39.5 Å². The summed E-state index contributed by atoms with van der Waals surface area (Å²) in [6.07, 6.45) is 5.13. The Labute approximate surface area is 171 Å². The molecule has 0 saturated heterocycles. The van der Waals surface area contributed by atoms with Crippen molar-refractivity contribution in [3.63, 3.8) is 0 Å². The van der Waals surface area contributed by atoms with Crippen LogP contribution in [0.15, 0.2) is 41.8 Å². The van der Waals surface area contributed by atoms with Crippen molar-refractivity contribution in [3.8, 4) is 17.0 Å². The van der Waals surface area contributed by atoms with Crippen LogP contribution in [0.2, 0.25) is 0 Å². The number of hydrogen-bond acceptors (Lipinski definition) is 4. The fourth-order valence-corrected chi connectivity index (χ4v) is 5.68. The molecule has 2 aliphatic rings. The van der Waals surface area contributed by atoms with Gasteiger partial charge in [0.15, 0.2) is 5.13 Å². The molecular weight excluding hydrogens is 364 g/mol. The molecule has 0 bridgehead atoms. The Kier molecular flexibility index (Phi) is 4.20. The van der Waals surface area contributed by atoms with E-state index < -0.39 is 0 Å². The highest BCUT2D eigenvalue weighted by atomic mass is 32.1. The highest BCUT2D eigenvalue weighted by Crippen LogP contribution is 2.53. The number of thiazole rings is 1. The number of nitrogens with zero attached hydrogens (tertiary/aromatic N) is 2. The summed E-state index contributed by atoms with van der Waals surface area (Å²) in [4.78, 5) is 7.55. The summed E-state index contributed by atoms with van der Waals surface area (Å²) >= 11 is 1.76. The lowest BCUT2D eigenvalue weighted by atomic mass is 9.63. The Bertz CT molecular complexity index is 1020. The van der Waals surface area contributed by atoms with Gasteiger partial charge in [0.05, 0.1) is 12.8 Å². The average Bonchev–Trinajstić information content (AvgIpc) is 3.19. The van der Waals surface area contributed by atoms with Crippen LogP contribution in [0.4, 0.5) is 10.8 Å². The Morgan fingerprint density at radius 3 is 2.57 bits per heavy atom. The molecule has 1 spiro atoms. The van der Waals surface area contributed by atoms with Crippen LogP contribution < -0.4 is 9.64 Å². The minimum absolute atomic E-state index is 0.401. The van der Waals surface area contributed by atoms with Gasteiger partial charge in [-0.15, -0.1) is 11.3 Å². The number of hydrogen-bond donors (Lipinski definition) is 0. The Morgan fingerprint density at radius 2 is 1.89 bits per heavy atom.